The van der Waals surface area contributed by atoms with Crippen LogP contribution in [0.1, 0.15) is 75.9 Å². The van der Waals surface area contributed by atoms with Gasteiger partial charge in [-0.25, -0.2) is 4.98 Å². The fourth-order valence-corrected chi connectivity index (χ4v) is 5.29. The van der Waals surface area contributed by atoms with E-state index in [2.05, 4.69) is 126 Å². The fraction of sp³-hybridized carbons (Fsp3) is 0.205. The minimum absolute atomic E-state index is 0.382. The van der Waals surface area contributed by atoms with Gasteiger partial charge in [0, 0.05) is 11.1 Å². The number of para-hydroxylation sites is 2. The predicted molar refractivity (Wildman–Crippen MR) is 180 cm³/mol. The Morgan fingerprint density at radius 2 is 0.881 bits per heavy atom. The molecule has 42 heavy (non-hydrogen) atoms. The normalized spacial score (nSPS) is 12.3. The van der Waals surface area contributed by atoms with Gasteiger partial charge >= 0.3 is 0 Å². The van der Waals surface area contributed by atoms with Crippen molar-refractivity contribution in [3.05, 3.63) is 138 Å². The summed E-state index contributed by atoms with van der Waals surface area (Å²) in [6.07, 6.45) is 0. The third-order valence-corrected chi connectivity index (χ3v) is 7.60. The molecule has 0 aliphatic carbocycles. The van der Waals surface area contributed by atoms with Gasteiger partial charge in [-0.1, -0.05) is 131 Å². The zero-order valence-corrected chi connectivity index (χ0v) is 25.5. The highest BCUT2D eigenvalue weighted by atomic mass is 14.8. The van der Waals surface area contributed by atoms with Crippen LogP contribution in [0.5, 0.6) is 0 Å². The van der Waals surface area contributed by atoms with Gasteiger partial charge in [0.15, 0.2) is 0 Å². The van der Waals surface area contributed by atoms with Gasteiger partial charge in [0.2, 0.25) is 0 Å². The van der Waals surface area contributed by atoms with Crippen molar-refractivity contribution in [3.63, 3.8) is 0 Å². The molecule has 1 heterocycles. The third kappa shape index (κ3) is 6.31. The minimum Gasteiger partial charge on any atom is -0.251 e. The number of aromatic nitrogens is 1. The fourth-order valence-electron chi connectivity index (χ4n) is 5.29. The predicted octanol–water partition coefficient (Wildman–Crippen LogP) is 10.9. The smallest absolute Gasteiger partial charge is 0.0849 e. The molecule has 0 saturated heterocycles. The van der Waals surface area contributed by atoms with Crippen molar-refractivity contribution in [3.8, 4) is 22.3 Å². The van der Waals surface area contributed by atoms with Crippen LogP contribution in [0.3, 0.4) is 0 Å². The van der Waals surface area contributed by atoms with Crippen molar-refractivity contribution in [1.29, 1.82) is 0 Å². The van der Waals surface area contributed by atoms with Crippen LogP contribution in [-0.2, 0) is 0 Å². The van der Waals surface area contributed by atoms with E-state index in [-0.39, 0.29) is 0 Å². The lowest BCUT2D eigenvalue weighted by Gasteiger charge is -2.17. The number of pyridine rings is 1. The summed E-state index contributed by atoms with van der Waals surface area (Å²) in [5.74, 6) is 0.764. The van der Waals surface area contributed by atoms with Crippen LogP contribution in [0.25, 0.3) is 22.3 Å². The lowest BCUT2D eigenvalue weighted by Crippen LogP contribution is -2.06. The van der Waals surface area contributed by atoms with Gasteiger partial charge < -0.3 is 0 Å². The van der Waals surface area contributed by atoms with E-state index in [1.807, 2.05) is 31.2 Å². The Kier molecular flexibility index (Phi) is 8.88. The summed E-state index contributed by atoms with van der Waals surface area (Å²) >= 11 is 0. The molecule has 0 N–H and O–H groups in total. The van der Waals surface area contributed by atoms with Crippen LogP contribution in [0, 0.1) is 0 Å². The van der Waals surface area contributed by atoms with Gasteiger partial charge in [0.25, 0.3) is 0 Å². The lowest BCUT2D eigenvalue weighted by molar-refractivity contribution is 0.834. The quantitative estimate of drug-likeness (QED) is 0.177. The van der Waals surface area contributed by atoms with Gasteiger partial charge in [-0.05, 0) is 60.1 Å². The van der Waals surface area contributed by atoms with E-state index >= 15 is 0 Å². The summed E-state index contributed by atoms with van der Waals surface area (Å²) in [5, 5.41) is 0. The topological polar surface area (TPSA) is 37.6 Å². The first-order valence-corrected chi connectivity index (χ1v) is 14.8. The monoisotopic (exact) mass is 549 g/mol. The second-order valence-electron chi connectivity index (χ2n) is 11.3. The molecule has 3 heteroatoms. The molecule has 5 rings (SSSR count). The molecule has 0 spiro atoms. The maximum Gasteiger partial charge on any atom is 0.0849 e. The summed E-state index contributed by atoms with van der Waals surface area (Å²) in [5.41, 5.74) is 12.5. The highest BCUT2D eigenvalue weighted by molar-refractivity contribution is 6.04. The Hall–Kier alpha value is -4.63. The standard InChI is InChI=1S/C39H39N3/c1-26(2)32-20-13-21-33(27(3)4)38(32)40-28(5)36-24-15-25-37(42-36)29(6)41-39-34(30-16-9-7-10-17-30)22-14-23-35(39)31-18-11-8-12-19-31/h7-27H,1-6H3. The van der Waals surface area contributed by atoms with E-state index in [1.165, 1.54) is 11.1 Å². The van der Waals surface area contributed by atoms with Crippen molar-refractivity contribution in [1.82, 2.24) is 4.98 Å². The number of aliphatic imine (C=N–C) groups is 2. The molecule has 210 valence electrons. The van der Waals surface area contributed by atoms with E-state index in [0.717, 1.165) is 56.4 Å². The number of hydrogen-bond acceptors (Lipinski definition) is 3. The van der Waals surface area contributed by atoms with E-state index in [1.54, 1.807) is 0 Å². The maximum atomic E-state index is 5.26. The average Bonchev–Trinajstić information content (AvgIpc) is 3.02. The Bertz CT molecular complexity index is 1650. The summed E-state index contributed by atoms with van der Waals surface area (Å²) in [4.78, 5) is 15.5. The first-order valence-electron chi connectivity index (χ1n) is 14.8. The Morgan fingerprint density at radius 3 is 1.33 bits per heavy atom. The zero-order chi connectivity index (χ0) is 29.6. The molecule has 3 nitrogen and oxygen atoms in total. The highest BCUT2D eigenvalue weighted by Gasteiger charge is 2.16. The molecule has 0 bridgehead atoms. The van der Waals surface area contributed by atoms with Gasteiger partial charge in [-0.3, -0.25) is 9.98 Å². The summed E-state index contributed by atoms with van der Waals surface area (Å²) in [6, 6.07) is 40.0. The van der Waals surface area contributed by atoms with Gasteiger partial charge in [0.05, 0.1) is 34.2 Å². The largest absolute Gasteiger partial charge is 0.251 e. The molecular formula is C39H39N3. The van der Waals surface area contributed by atoms with Crippen molar-refractivity contribution < 1.29 is 0 Å². The van der Waals surface area contributed by atoms with Crippen LogP contribution in [0.4, 0.5) is 11.4 Å². The van der Waals surface area contributed by atoms with E-state index < -0.39 is 0 Å². The van der Waals surface area contributed by atoms with Gasteiger partial charge in [0.1, 0.15) is 0 Å². The maximum absolute atomic E-state index is 5.26. The highest BCUT2D eigenvalue weighted by Crippen LogP contribution is 2.40. The molecule has 0 saturated carbocycles. The number of hydrogen-bond donors (Lipinski definition) is 0. The minimum atomic E-state index is 0.382. The molecular weight excluding hydrogens is 510 g/mol. The SMILES string of the molecule is CC(=Nc1c(-c2ccccc2)cccc1-c1ccccc1)c1cccc(C(C)=Nc2c(C(C)C)cccc2C(C)C)n1. The second kappa shape index (κ2) is 12.9. The first kappa shape index (κ1) is 28.9. The van der Waals surface area contributed by atoms with Crippen LogP contribution in [0.15, 0.2) is 125 Å². The lowest BCUT2D eigenvalue weighted by atomic mass is 9.93. The van der Waals surface area contributed by atoms with Crippen molar-refractivity contribution in [2.45, 2.75) is 53.4 Å². The van der Waals surface area contributed by atoms with Crippen LogP contribution < -0.4 is 0 Å². The summed E-state index contributed by atoms with van der Waals surface area (Å²) < 4.78 is 0. The number of benzene rings is 4. The Labute approximate surface area is 250 Å². The zero-order valence-electron chi connectivity index (χ0n) is 25.5. The number of rotatable bonds is 8. The Balaban J connectivity index is 1.60. The molecule has 4 aromatic carbocycles. The van der Waals surface area contributed by atoms with Crippen LogP contribution in [-0.4, -0.2) is 16.4 Å². The molecule has 1 aromatic heterocycles. The Morgan fingerprint density at radius 1 is 0.476 bits per heavy atom. The van der Waals surface area contributed by atoms with Crippen molar-refractivity contribution in [2.75, 3.05) is 0 Å². The summed E-state index contributed by atoms with van der Waals surface area (Å²) in [7, 11) is 0. The molecule has 0 unspecified atom stereocenters. The molecule has 0 fully saturated rings. The summed E-state index contributed by atoms with van der Waals surface area (Å²) in [6.45, 7) is 13.0. The molecule has 0 atom stereocenters. The van der Waals surface area contributed by atoms with E-state index in [4.69, 9.17) is 15.0 Å². The van der Waals surface area contributed by atoms with Crippen molar-refractivity contribution in [2.24, 2.45) is 9.98 Å². The molecule has 0 aliphatic rings. The molecule has 0 aliphatic heterocycles. The average molecular weight is 550 g/mol. The second-order valence-corrected chi connectivity index (χ2v) is 11.3. The van der Waals surface area contributed by atoms with Crippen molar-refractivity contribution >= 4 is 22.8 Å². The first-order chi connectivity index (χ1) is 20.3. The van der Waals surface area contributed by atoms with Gasteiger partial charge in [-0.15, -0.1) is 0 Å². The van der Waals surface area contributed by atoms with Crippen LogP contribution >= 0.6 is 0 Å². The molecule has 0 amide bonds. The van der Waals surface area contributed by atoms with E-state index in [9.17, 15) is 0 Å². The molecule has 5 aromatic rings. The number of nitrogens with zero attached hydrogens (tertiary/aromatic N) is 3. The van der Waals surface area contributed by atoms with Gasteiger partial charge in [-0.2, -0.15) is 0 Å². The van der Waals surface area contributed by atoms with E-state index in [0.29, 0.717) is 11.8 Å². The third-order valence-electron chi connectivity index (χ3n) is 7.60. The molecule has 0 radical (unpaired) electrons. The van der Waals surface area contributed by atoms with Crippen LogP contribution in [0.2, 0.25) is 0 Å².